The number of benzene rings is 1. The third-order valence-corrected chi connectivity index (χ3v) is 6.24. The number of ether oxygens (including phenoxy) is 1. The molecule has 1 fully saturated rings. The van der Waals surface area contributed by atoms with Gasteiger partial charge in [-0.1, -0.05) is 0 Å². The van der Waals surface area contributed by atoms with E-state index in [0.717, 1.165) is 29.6 Å². The highest BCUT2D eigenvalue weighted by Crippen LogP contribution is 2.24. The highest BCUT2D eigenvalue weighted by atomic mass is 32.2. The number of aromatic carboxylic acids is 1. The Balaban J connectivity index is 1.81. The molecular formula is C18H20FN3O5S. The molecule has 150 valence electrons. The minimum atomic E-state index is -3.99. The summed E-state index contributed by atoms with van der Waals surface area (Å²) in [6, 6.07) is 4.74. The van der Waals surface area contributed by atoms with Crippen LogP contribution >= 0.6 is 0 Å². The molecule has 0 amide bonds. The number of aryl methyl sites for hydroxylation is 2. The number of piperidine rings is 1. The highest BCUT2D eigenvalue weighted by Gasteiger charge is 2.32. The fourth-order valence-corrected chi connectivity index (χ4v) is 4.63. The lowest BCUT2D eigenvalue weighted by molar-refractivity contribution is 0.0691. The summed E-state index contributed by atoms with van der Waals surface area (Å²) in [6.07, 6.45) is 0.748. The molecule has 1 unspecified atom stereocenters. The summed E-state index contributed by atoms with van der Waals surface area (Å²) in [5.41, 5.74) is 0.806. The van der Waals surface area contributed by atoms with Gasteiger partial charge in [-0.2, -0.15) is 4.31 Å². The van der Waals surface area contributed by atoms with Crippen LogP contribution in [0.25, 0.3) is 0 Å². The van der Waals surface area contributed by atoms with Gasteiger partial charge in [-0.05, 0) is 51.0 Å². The molecule has 1 aromatic carbocycles. The normalized spacial score (nSPS) is 18.0. The van der Waals surface area contributed by atoms with Crippen LogP contribution in [0.15, 0.2) is 29.2 Å². The second kappa shape index (κ2) is 7.80. The zero-order valence-electron chi connectivity index (χ0n) is 15.4. The molecule has 2 aromatic rings. The monoisotopic (exact) mass is 409 g/mol. The molecule has 28 heavy (non-hydrogen) atoms. The van der Waals surface area contributed by atoms with Crippen LogP contribution in [-0.4, -0.2) is 53.0 Å². The van der Waals surface area contributed by atoms with Crippen molar-refractivity contribution in [3.63, 3.8) is 0 Å². The van der Waals surface area contributed by atoms with Crippen LogP contribution in [0.5, 0.6) is 6.01 Å². The first kappa shape index (κ1) is 20.2. The van der Waals surface area contributed by atoms with E-state index in [0.29, 0.717) is 12.8 Å². The zero-order valence-corrected chi connectivity index (χ0v) is 16.2. The van der Waals surface area contributed by atoms with Gasteiger partial charge in [-0.15, -0.1) is 0 Å². The molecule has 1 atom stereocenters. The van der Waals surface area contributed by atoms with Crippen LogP contribution in [0.3, 0.4) is 0 Å². The van der Waals surface area contributed by atoms with E-state index >= 15 is 0 Å². The predicted molar refractivity (Wildman–Crippen MR) is 97.3 cm³/mol. The van der Waals surface area contributed by atoms with Gasteiger partial charge in [0, 0.05) is 17.9 Å². The van der Waals surface area contributed by atoms with Crippen molar-refractivity contribution in [1.82, 2.24) is 14.3 Å². The highest BCUT2D eigenvalue weighted by molar-refractivity contribution is 7.89. The second-order valence-electron chi connectivity index (χ2n) is 6.63. The number of carboxylic acid groups (broad SMARTS) is 1. The van der Waals surface area contributed by atoms with Gasteiger partial charge < -0.3 is 9.84 Å². The summed E-state index contributed by atoms with van der Waals surface area (Å²) in [6.45, 7) is 3.95. The number of hydrogen-bond acceptors (Lipinski definition) is 6. The van der Waals surface area contributed by atoms with E-state index < -0.39 is 33.5 Å². The van der Waals surface area contributed by atoms with Gasteiger partial charge in [0.15, 0.2) is 0 Å². The van der Waals surface area contributed by atoms with Crippen molar-refractivity contribution in [3.05, 3.63) is 47.0 Å². The fourth-order valence-electron chi connectivity index (χ4n) is 3.09. The molecule has 0 bridgehead atoms. The molecule has 1 aromatic heterocycles. The van der Waals surface area contributed by atoms with Crippen molar-refractivity contribution < 1.29 is 27.4 Å². The maximum Gasteiger partial charge on any atom is 0.338 e. The Hall–Kier alpha value is -2.59. The van der Waals surface area contributed by atoms with Gasteiger partial charge in [-0.25, -0.2) is 27.6 Å². The number of aromatic nitrogens is 2. The van der Waals surface area contributed by atoms with Crippen LogP contribution in [0, 0.1) is 19.7 Å². The van der Waals surface area contributed by atoms with Crippen molar-refractivity contribution in [2.24, 2.45) is 0 Å². The average Bonchev–Trinajstić information content (AvgIpc) is 2.61. The Bertz CT molecular complexity index is 992. The van der Waals surface area contributed by atoms with Crippen molar-refractivity contribution >= 4 is 16.0 Å². The van der Waals surface area contributed by atoms with Gasteiger partial charge in [0.2, 0.25) is 10.0 Å². The molecule has 1 aliphatic rings. The first-order valence-electron chi connectivity index (χ1n) is 8.69. The Labute approximate surface area is 162 Å². The lowest BCUT2D eigenvalue weighted by atomic mass is 10.1. The quantitative estimate of drug-likeness (QED) is 0.806. The molecule has 8 nitrogen and oxygen atoms in total. The Kier molecular flexibility index (Phi) is 5.61. The van der Waals surface area contributed by atoms with E-state index in [1.165, 1.54) is 4.31 Å². The smallest absolute Gasteiger partial charge is 0.338 e. The third kappa shape index (κ3) is 4.28. The van der Waals surface area contributed by atoms with Gasteiger partial charge in [-0.3, -0.25) is 0 Å². The van der Waals surface area contributed by atoms with E-state index in [4.69, 9.17) is 9.84 Å². The van der Waals surface area contributed by atoms with Crippen LogP contribution in [0.1, 0.15) is 34.6 Å². The van der Waals surface area contributed by atoms with Gasteiger partial charge in [0.05, 0.1) is 17.0 Å². The number of halogens is 1. The zero-order chi connectivity index (χ0) is 20.5. The molecular weight excluding hydrogens is 389 g/mol. The third-order valence-electron chi connectivity index (χ3n) is 4.38. The number of nitrogens with zero attached hydrogens (tertiary/aromatic N) is 3. The van der Waals surface area contributed by atoms with Crippen LogP contribution < -0.4 is 4.74 Å². The summed E-state index contributed by atoms with van der Waals surface area (Å²) >= 11 is 0. The van der Waals surface area contributed by atoms with Crippen molar-refractivity contribution in [3.8, 4) is 6.01 Å². The molecule has 1 saturated heterocycles. The average molecular weight is 409 g/mol. The van der Waals surface area contributed by atoms with Crippen LogP contribution in [0.2, 0.25) is 0 Å². The number of rotatable bonds is 5. The van der Waals surface area contributed by atoms with E-state index in [9.17, 15) is 17.6 Å². The molecule has 0 radical (unpaired) electrons. The van der Waals surface area contributed by atoms with Gasteiger partial charge in [0.25, 0.3) is 0 Å². The Morgan fingerprint density at radius 3 is 2.57 bits per heavy atom. The maximum atomic E-state index is 13.6. The molecule has 1 N–H and O–H groups in total. The minimum Gasteiger partial charge on any atom is -0.478 e. The van der Waals surface area contributed by atoms with Crippen molar-refractivity contribution in [2.75, 3.05) is 13.1 Å². The first-order chi connectivity index (χ1) is 13.2. The predicted octanol–water partition coefficient (Wildman–Crippen LogP) is 2.16. The van der Waals surface area contributed by atoms with E-state index in [1.54, 1.807) is 6.07 Å². The maximum absolute atomic E-state index is 13.6. The number of sulfonamides is 1. The summed E-state index contributed by atoms with van der Waals surface area (Å²) in [7, 11) is -3.99. The minimum absolute atomic E-state index is 0.0679. The lowest BCUT2D eigenvalue weighted by Gasteiger charge is -2.31. The largest absolute Gasteiger partial charge is 0.478 e. The van der Waals surface area contributed by atoms with E-state index in [2.05, 4.69) is 9.97 Å². The summed E-state index contributed by atoms with van der Waals surface area (Å²) in [5.74, 6) is -2.51. The first-order valence-corrected chi connectivity index (χ1v) is 10.1. The second-order valence-corrected chi connectivity index (χ2v) is 8.56. The van der Waals surface area contributed by atoms with Gasteiger partial charge in [0.1, 0.15) is 11.9 Å². The Morgan fingerprint density at radius 2 is 1.93 bits per heavy atom. The van der Waals surface area contributed by atoms with E-state index in [-0.39, 0.29) is 24.0 Å². The van der Waals surface area contributed by atoms with E-state index in [1.807, 2.05) is 13.8 Å². The summed E-state index contributed by atoms with van der Waals surface area (Å²) < 4.78 is 46.4. The molecule has 1 aliphatic heterocycles. The molecule has 0 aliphatic carbocycles. The van der Waals surface area contributed by atoms with Crippen molar-refractivity contribution in [2.45, 2.75) is 37.7 Å². The summed E-state index contributed by atoms with van der Waals surface area (Å²) in [5, 5.41) is 9.03. The molecule has 0 spiro atoms. The van der Waals surface area contributed by atoms with Crippen LogP contribution in [-0.2, 0) is 10.0 Å². The number of hydrogen-bond donors (Lipinski definition) is 1. The lowest BCUT2D eigenvalue weighted by Crippen LogP contribution is -2.44. The standard InChI is InChI=1S/C18H20FN3O5S/c1-11-8-12(2)21-18(20-11)27-13-4-3-7-22(10-13)28(25,26)14-5-6-16(19)15(9-14)17(23)24/h5-6,8-9,13H,3-4,7,10H2,1-2H3,(H,23,24). The van der Waals surface area contributed by atoms with Crippen LogP contribution in [0.4, 0.5) is 4.39 Å². The number of carboxylic acids is 1. The van der Waals surface area contributed by atoms with Crippen molar-refractivity contribution in [1.29, 1.82) is 0 Å². The molecule has 0 saturated carbocycles. The molecule has 3 rings (SSSR count). The number of carbonyl (C=O) groups is 1. The SMILES string of the molecule is Cc1cc(C)nc(OC2CCCN(S(=O)(=O)c3ccc(F)c(C(=O)O)c3)C2)n1. The topological polar surface area (TPSA) is 110 Å². The summed E-state index contributed by atoms with van der Waals surface area (Å²) in [4.78, 5) is 19.2. The van der Waals surface area contributed by atoms with Gasteiger partial charge >= 0.3 is 12.0 Å². The fraction of sp³-hybridized carbons (Fsp3) is 0.389. The molecule has 10 heteroatoms. The molecule has 2 heterocycles. The Morgan fingerprint density at radius 1 is 1.25 bits per heavy atom.